The third-order valence-electron chi connectivity index (χ3n) is 3.81. The van der Waals surface area contributed by atoms with Gasteiger partial charge in [0.15, 0.2) is 0 Å². The van der Waals surface area contributed by atoms with Gasteiger partial charge in [-0.2, -0.15) is 15.0 Å². The molecule has 0 radical (unpaired) electrons. The second-order valence-corrected chi connectivity index (χ2v) is 7.96. The Kier molecular flexibility index (Phi) is 5.32. The standard InChI is InChI=1S/C19H28N4O2/c1-13(2)25-17(24)19(20,12-18(3,4)5)15-9-7-14(8-10-15)16-11-21-23(6)22-16/h7-11,13H,12,20H2,1-6H3/t19-/m1/s1. The van der Waals surface area contributed by atoms with Crippen LogP contribution in [0.5, 0.6) is 0 Å². The number of nitrogens with zero attached hydrogens (tertiary/aromatic N) is 3. The van der Waals surface area contributed by atoms with E-state index in [-0.39, 0.29) is 11.5 Å². The van der Waals surface area contributed by atoms with Crippen molar-refractivity contribution in [2.24, 2.45) is 18.2 Å². The number of nitrogens with two attached hydrogens (primary N) is 1. The first kappa shape index (κ1) is 19.1. The number of esters is 1. The Morgan fingerprint density at radius 2 is 1.84 bits per heavy atom. The normalized spacial score (nSPS) is 14.4. The zero-order chi connectivity index (χ0) is 18.8. The fraction of sp³-hybridized carbons (Fsp3) is 0.526. The van der Waals surface area contributed by atoms with E-state index < -0.39 is 11.5 Å². The molecule has 1 aromatic carbocycles. The summed E-state index contributed by atoms with van der Waals surface area (Å²) in [5.74, 6) is -0.398. The molecule has 6 nitrogen and oxygen atoms in total. The largest absolute Gasteiger partial charge is 0.461 e. The van der Waals surface area contributed by atoms with Gasteiger partial charge in [-0.3, -0.25) is 0 Å². The van der Waals surface area contributed by atoms with Crippen LogP contribution in [0.4, 0.5) is 0 Å². The molecule has 0 unspecified atom stereocenters. The first-order valence-electron chi connectivity index (χ1n) is 8.48. The summed E-state index contributed by atoms with van der Waals surface area (Å²) in [6.07, 6.45) is 1.97. The van der Waals surface area contributed by atoms with Gasteiger partial charge < -0.3 is 10.5 Å². The number of hydrogen-bond donors (Lipinski definition) is 1. The molecule has 0 spiro atoms. The first-order chi connectivity index (χ1) is 11.5. The average molecular weight is 344 g/mol. The van der Waals surface area contributed by atoms with Crippen molar-refractivity contribution >= 4 is 5.97 Å². The molecule has 0 saturated carbocycles. The maximum atomic E-state index is 12.7. The highest BCUT2D eigenvalue weighted by Crippen LogP contribution is 2.35. The maximum absolute atomic E-state index is 12.7. The molecule has 0 saturated heterocycles. The molecule has 0 aliphatic heterocycles. The van der Waals surface area contributed by atoms with Gasteiger partial charge in [-0.1, -0.05) is 45.0 Å². The lowest BCUT2D eigenvalue weighted by molar-refractivity contribution is -0.156. The minimum Gasteiger partial charge on any atom is -0.461 e. The summed E-state index contributed by atoms with van der Waals surface area (Å²) < 4.78 is 5.44. The average Bonchev–Trinajstić information content (AvgIpc) is 2.91. The molecular formula is C19H28N4O2. The molecule has 25 heavy (non-hydrogen) atoms. The minimum atomic E-state index is -1.19. The minimum absolute atomic E-state index is 0.131. The van der Waals surface area contributed by atoms with Crippen LogP contribution in [-0.2, 0) is 22.1 Å². The van der Waals surface area contributed by atoms with E-state index in [1.54, 1.807) is 13.2 Å². The molecule has 0 fully saturated rings. The van der Waals surface area contributed by atoms with Gasteiger partial charge in [-0.15, -0.1) is 0 Å². The van der Waals surface area contributed by atoms with Crippen LogP contribution in [0.3, 0.4) is 0 Å². The summed E-state index contributed by atoms with van der Waals surface area (Å²) >= 11 is 0. The van der Waals surface area contributed by atoms with Gasteiger partial charge in [-0.05, 0) is 31.2 Å². The SMILES string of the molecule is CC(C)OC(=O)[C@@](N)(CC(C)(C)C)c1ccc(-c2cnn(C)n2)cc1. The van der Waals surface area contributed by atoms with Crippen LogP contribution in [0, 0.1) is 5.41 Å². The molecule has 2 N–H and O–H groups in total. The third kappa shape index (κ3) is 4.66. The maximum Gasteiger partial charge on any atom is 0.331 e. The molecule has 6 heteroatoms. The second-order valence-electron chi connectivity index (χ2n) is 7.96. The van der Waals surface area contributed by atoms with E-state index in [1.807, 2.05) is 38.1 Å². The van der Waals surface area contributed by atoms with Crippen molar-refractivity contribution in [3.8, 4) is 11.3 Å². The summed E-state index contributed by atoms with van der Waals surface area (Å²) in [7, 11) is 1.77. The van der Waals surface area contributed by atoms with E-state index >= 15 is 0 Å². The van der Waals surface area contributed by atoms with Gasteiger partial charge in [0, 0.05) is 12.6 Å². The van der Waals surface area contributed by atoms with Crippen molar-refractivity contribution in [2.75, 3.05) is 0 Å². The van der Waals surface area contributed by atoms with Crippen molar-refractivity contribution in [2.45, 2.75) is 52.7 Å². The number of hydrogen-bond acceptors (Lipinski definition) is 5. The summed E-state index contributed by atoms with van der Waals surface area (Å²) in [6, 6.07) is 7.56. The van der Waals surface area contributed by atoms with Crippen molar-refractivity contribution in [3.05, 3.63) is 36.0 Å². The van der Waals surface area contributed by atoms with Gasteiger partial charge in [0.1, 0.15) is 11.2 Å². The summed E-state index contributed by atoms with van der Waals surface area (Å²) in [5, 5.41) is 8.37. The van der Waals surface area contributed by atoms with E-state index in [4.69, 9.17) is 10.5 Å². The van der Waals surface area contributed by atoms with E-state index in [9.17, 15) is 4.79 Å². The van der Waals surface area contributed by atoms with Crippen molar-refractivity contribution < 1.29 is 9.53 Å². The highest BCUT2D eigenvalue weighted by molar-refractivity contribution is 5.83. The van der Waals surface area contributed by atoms with E-state index in [1.165, 1.54) is 4.80 Å². The fourth-order valence-electron chi connectivity index (χ4n) is 2.86. The van der Waals surface area contributed by atoms with Gasteiger partial charge in [0.2, 0.25) is 0 Å². The summed E-state index contributed by atoms with van der Waals surface area (Å²) in [4.78, 5) is 14.2. The highest BCUT2D eigenvalue weighted by Gasteiger charge is 2.41. The monoisotopic (exact) mass is 344 g/mol. The second kappa shape index (κ2) is 6.96. The topological polar surface area (TPSA) is 83.0 Å². The molecule has 0 bridgehead atoms. The molecule has 2 aromatic rings. The molecule has 1 aromatic heterocycles. The predicted octanol–water partition coefficient (Wildman–Crippen LogP) is 3.02. The lowest BCUT2D eigenvalue weighted by atomic mass is 9.76. The Bertz CT molecular complexity index is 729. The van der Waals surface area contributed by atoms with Crippen LogP contribution < -0.4 is 5.73 Å². The Morgan fingerprint density at radius 1 is 1.24 bits per heavy atom. The van der Waals surface area contributed by atoms with Crippen LogP contribution in [0.25, 0.3) is 11.3 Å². The van der Waals surface area contributed by atoms with Crippen LogP contribution in [0.15, 0.2) is 30.5 Å². The molecule has 0 amide bonds. The Hall–Kier alpha value is -2.21. The van der Waals surface area contributed by atoms with Crippen molar-refractivity contribution in [1.29, 1.82) is 0 Å². The lowest BCUT2D eigenvalue weighted by Crippen LogP contribution is -2.49. The van der Waals surface area contributed by atoms with Gasteiger partial charge in [0.05, 0.1) is 12.3 Å². The number of aryl methyl sites for hydroxylation is 1. The summed E-state index contributed by atoms with van der Waals surface area (Å²) in [5.41, 5.74) is 7.70. The number of carbonyl (C=O) groups is 1. The number of benzene rings is 1. The van der Waals surface area contributed by atoms with Crippen molar-refractivity contribution in [1.82, 2.24) is 15.0 Å². The van der Waals surface area contributed by atoms with Crippen LogP contribution in [-0.4, -0.2) is 27.1 Å². The molecule has 1 heterocycles. The fourth-order valence-corrected chi connectivity index (χ4v) is 2.86. The number of carbonyl (C=O) groups excluding carboxylic acids is 1. The van der Waals surface area contributed by atoms with Gasteiger partial charge in [-0.25, -0.2) is 4.79 Å². The van der Waals surface area contributed by atoms with Crippen LogP contribution >= 0.6 is 0 Å². The van der Waals surface area contributed by atoms with Crippen molar-refractivity contribution in [3.63, 3.8) is 0 Å². The molecule has 0 aliphatic carbocycles. The predicted molar refractivity (Wildman–Crippen MR) is 97.6 cm³/mol. The highest BCUT2D eigenvalue weighted by atomic mass is 16.5. The molecular weight excluding hydrogens is 316 g/mol. The lowest BCUT2D eigenvalue weighted by Gasteiger charge is -2.34. The van der Waals surface area contributed by atoms with Crippen LogP contribution in [0.2, 0.25) is 0 Å². The number of aromatic nitrogens is 3. The molecule has 0 aliphatic rings. The quantitative estimate of drug-likeness (QED) is 0.843. The summed E-state index contributed by atoms with van der Waals surface area (Å²) in [6.45, 7) is 9.83. The van der Waals surface area contributed by atoms with E-state index in [0.717, 1.165) is 16.8 Å². The van der Waals surface area contributed by atoms with E-state index in [2.05, 4.69) is 31.0 Å². The number of rotatable bonds is 5. The number of ether oxygens (including phenoxy) is 1. The smallest absolute Gasteiger partial charge is 0.331 e. The zero-order valence-corrected chi connectivity index (χ0v) is 15.9. The third-order valence-corrected chi connectivity index (χ3v) is 3.81. The van der Waals surface area contributed by atoms with Gasteiger partial charge >= 0.3 is 5.97 Å². The Balaban J connectivity index is 2.38. The van der Waals surface area contributed by atoms with E-state index in [0.29, 0.717) is 6.42 Å². The first-order valence-corrected chi connectivity index (χ1v) is 8.48. The van der Waals surface area contributed by atoms with Crippen LogP contribution in [0.1, 0.15) is 46.6 Å². The molecule has 136 valence electrons. The zero-order valence-electron chi connectivity index (χ0n) is 15.9. The Morgan fingerprint density at radius 3 is 2.28 bits per heavy atom. The Labute approximate surface area is 149 Å². The molecule has 1 atom stereocenters. The molecule has 2 rings (SSSR count). The van der Waals surface area contributed by atoms with Gasteiger partial charge in [0.25, 0.3) is 0 Å².